The molecule has 3 aromatic rings. The molecule has 1 aliphatic heterocycles. The zero-order valence-electron chi connectivity index (χ0n) is 17.4. The van der Waals surface area contributed by atoms with Crippen molar-refractivity contribution < 1.29 is 19.5 Å². The second-order valence-electron chi connectivity index (χ2n) is 7.64. The summed E-state index contributed by atoms with van der Waals surface area (Å²) in [6, 6.07) is 11.2. The van der Waals surface area contributed by atoms with Crippen molar-refractivity contribution >= 4 is 39.9 Å². The second-order valence-corrected chi connectivity index (χ2v) is 8.05. The first-order chi connectivity index (χ1) is 14.8. The Morgan fingerprint density at radius 3 is 2.81 bits per heavy atom. The number of hydrogen-bond donors (Lipinski definition) is 2. The number of carbonyl (C=O) groups is 1. The predicted molar refractivity (Wildman–Crippen MR) is 118 cm³/mol. The summed E-state index contributed by atoms with van der Waals surface area (Å²) >= 11 is 6.36. The van der Waals surface area contributed by atoms with Gasteiger partial charge >= 0.3 is 5.97 Å². The standard InChI is InChI=1S/C22H23ClN4O4/c1-13(2)30-20-8-7-15(9-17(20)23)21-12-27(25-31-21)19-6-4-5-18-16(19)10-24-26(18)11-14(3)22(28)29/h4-10,12-14,25H,11H2,1-3H3,(H,28,29). The van der Waals surface area contributed by atoms with Crippen molar-refractivity contribution in [2.24, 2.45) is 5.92 Å². The molecule has 0 spiro atoms. The maximum absolute atomic E-state index is 11.2. The van der Waals surface area contributed by atoms with Crippen LogP contribution in [0, 0.1) is 5.92 Å². The molecule has 0 radical (unpaired) electrons. The lowest BCUT2D eigenvalue weighted by Gasteiger charge is -2.15. The molecule has 1 aliphatic rings. The van der Waals surface area contributed by atoms with Gasteiger partial charge in [0.1, 0.15) is 5.75 Å². The monoisotopic (exact) mass is 442 g/mol. The number of benzene rings is 2. The predicted octanol–water partition coefficient (Wildman–Crippen LogP) is 4.45. The number of aromatic nitrogens is 2. The SMILES string of the molecule is CC(C)Oc1ccc(C2=CN(c3cccc4c3cnn4CC(C)C(=O)O)NO2)cc1Cl. The van der Waals surface area contributed by atoms with Gasteiger partial charge in [0.05, 0.1) is 47.2 Å². The van der Waals surface area contributed by atoms with Crippen LogP contribution in [0.5, 0.6) is 5.75 Å². The average molecular weight is 443 g/mol. The first-order valence-corrected chi connectivity index (χ1v) is 10.3. The normalized spacial score (nSPS) is 14.6. The van der Waals surface area contributed by atoms with E-state index in [2.05, 4.69) is 10.7 Å². The number of aliphatic carboxylic acids is 1. The fourth-order valence-electron chi connectivity index (χ4n) is 3.31. The zero-order valence-corrected chi connectivity index (χ0v) is 18.1. The van der Waals surface area contributed by atoms with Crippen LogP contribution in [0.25, 0.3) is 16.7 Å². The lowest BCUT2D eigenvalue weighted by Crippen LogP contribution is -2.27. The van der Waals surface area contributed by atoms with Crippen LogP contribution in [0.15, 0.2) is 48.8 Å². The quantitative estimate of drug-likeness (QED) is 0.558. The van der Waals surface area contributed by atoms with Crippen LogP contribution in [0.3, 0.4) is 0 Å². The highest BCUT2D eigenvalue weighted by molar-refractivity contribution is 6.32. The van der Waals surface area contributed by atoms with Crippen molar-refractivity contribution in [1.29, 1.82) is 0 Å². The Bertz CT molecular complexity index is 1160. The van der Waals surface area contributed by atoms with E-state index in [1.54, 1.807) is 28.9 Å². The van der Waals surface area contributed by atoms with E-state index in [9.17, 15) is 9.90 Å². The highest BCUT2D eigenvalue weighted by Gasteiger charge is 2.21. The Morgan fingerprint density at radius 1 is 1.29 bits per heavy atom. The molecule has 0 aliphatic carbocycles. The van der Waals surface area contributed by atoms with Gasteiger partial charge in [0.2, 0.25) is 0 Å². The van der Waals surface area contributed by atoms with E-state index in [0.717, 1.165) is 22.2 Å². The fourth-order valence-corrected chi connectivity index (χ4v) is 3.53. The van der Waals surface area contributed by atoms with Gasteiger partial charge in [-0.05, 0) is 44.2 Å². The molecule has 0 saturated carbocycles. The van der Waals surface area contributed by atoms with Crippen LogP contribution < -0.4 is 15.3 Å². The summed E-state index contributed by atoms with van der Waals surface area (Å²) in [6.07, 6.45) is 3.57. The summed E-state index contributed by atoms with van der Waals surface area (Å²) in [6.45, 7) is 5.84. The molecule has 2 heterocycles. The van der Waals surface area contributed by atoms with E-state index in [1.165, 1.54) is 0 Å². The Hall–Kier alpha value is -3.23. The molecule has 31 heavy (non-hydrogen) atoms. The first-order valence-electron chi connectivity index (χ1n) is 9.91. The third kappa shape index (κ3) is 4.30. The molecule has 0 saturated heterocycles. The van der Waals surface area contributed by atoms with Crippen molar-refractivity contribution in [1.82, 2.24) is 15.4 Å². The molecule has 2 N–H and O–H groups in total. The van der Waals surface area contributed by atoms with E-state index in [-0.39, 0.29) is 12.6 Å². The molecule has 4 rings (SSSR count). The number of carboxylic acids is 1. The Labute approximate surface area is 184 Å². The average Bonchev–Trinajstić information content (AvgIpc) is 3.37. The molecular formula is C22H23ClN4O4. The van der Waals surface area contributed by atoms with Gasteiger partial charge in [0, 0.05) is 10.9 Å². The summed E-state index contributed by atoms with van der Waals surface area (Å²) in [5, 5.41) is 16.7. The summed E-state index contributed by atoms with van der Waals surface area (Å²) in [5.74, 6) is -0.178. The molecule has 8 nitrogen and oxygen atoms in total. The molecular weight excluding hydrogens is 420 g/mol. The van der Waals surface area contributed by atoms with Crippen LogP contribution in [-0.4, -0.2) is 27.0 Å². The maximum atomic E-state index is 11.2. The van der Waals surface area contributed by atoms with E-state index < -0.39 is 11.9 Å². The number of nitrogens with one attached hydrogen (secondary N) is 1. The first kappa shape index (κ1) is 21.0. The van der Waals surface area contributed by atoms with Crippen LogP contribution >= 0.6 is 11.6 Å². The number of hydrazine groups is 1. The van der Waals surface area contributed by atoms with Crippen molar-refractivity contribution in [3.05, 3.63) is 59.4 Å². The smallest absolute Gasteiger partial charge is 0.308 e. The minimum absolute atomic E-state index is 0.0299. The van der Waals surface area contributed by atoms with E-state index >= 15 is 0 Å². The molecule has 1 aromatic heterocycles. The number of nitrogens with zero attached hydrogens (tertiary/aromatic N) is 3. The van der Waals surface area contributed by atoms with Crippen LogP contribution in [0.1, 0.15) is 26.3 Å². The third-order valence-corrected chi connectivity index (χ3v) is 5.17. The molecule has 0 fully saturated rings. The van der Waals surface area contributed by atoms with Crippen LogP contribution in [-0.2, 0) is 16.2 Å². The van der Waals surface area contributed by atoms with Gasteiger partial charge in [0.15, 0.2) is 5.76 Å². The topological polar surface area (TPSA) is 88.9 Å². The van der Waals surface area contributed by atoms with Gasteiger partial charge in [-0.25, -0.2) is 5.01 Å². The van der Waals surface area contributed by atoms with Gasteiger partial charge in [0.25, 0.3) is 0 Å². The zero-order chi connectivity index (χ0) is 22.1. The lowest BCUT2D eigenvalue weighted by atomic mass is 10.1. The highest BCUT2D eigenvalue weighted by Crippen LogP contribution is 2.33. The van der Waals surface area contributed by atoms with Crippen LogP contribution in [0.4, 0.5) is 5.69 Å². The van der Waals surface area contributed by atoms with Crippen molar-refractivity contribution in [3.63, 3.8) is 0 Å². The lowest BCUT2D eigenvalue weighted by molar-refractivity contribution is -0.141. The van der Waals surface area contributed by atoms with E-state index in [1.807, 2.05) is 50.4 Å². The number of carboxylic acid groups (broad SMARTS) is 1. The van der Waals surface area contributed by atoms with Gasteiger partial charge in [-0.1, -0.05) is 30.2 Å². The van der Waals surface area contributed by atoms with Crippen LogP contribution in [0.2, 0.25) is 5.02 Å². The largest absolute Gasteiger partial charge is 0.489 e. The van der Waals surface area contributed by atoms with E-state index in [4.69, 9.17) is 21.2 Å². The van der Waals surface area contributed by atoms with Crippen molar-refractivity contribution in [2.75, 3.05) is 5.01 Å². The second kappa shape index (κ2) is 8.49. The summed E-state index contributed by atoms with van der Waals surface area (Å²) in [7, 11) is 0. The molecule has 0 bridgehead atoms. The molecule has 0 amide bonds. The number of ether oxygens (including phenoxy) is 1. The molecule has 1 unspecified atom stereocenters. The number of rotatable bonds is 7. The summed E-state index contributed by atoms with van der Waals surface area (Å²) < 4.78 is 7.38. The third-order valence-electron chi connectivity index (χ3n) is 4.87. The number of anilines is 1. The minimum atomic E-state index is -0.856. The van der Waals surface area contributed by atoms with Gasteiger partial charge in [-0.3, -0.25) is 9.48 Å². The van der Waals surface area contributed by atoms with Crippen molar-refractivity contribution in [3.8, 4) is 5.75 Å². The Kier molecular flexibility index (Phi) is 5.75. The summed E-state index contributed by atoms with van der Waals surface area (Å²) in [5.41, 5.74) is 5.35. The molecule has 1 atom stereocenters. The molecule has 162 valence electrons. The number of halogens is 1. The molecule has 2 aromatic carbocycles. The Morgan fingerprint density at radius 2 is 2.10 bits per heavy atom. The summed E-state index contributed by atoms with van der Waals surface area (Å²) in [4.78, 5) is 16.9. The Balaban J connectivity index is 1.61. The number of hydrogen-bond acceptors (Lipinski definition) is 6. The molecule has 9 heteroatoms. The fraction of sp³-hybridized carbons (Fsp3) is 0.273. The van der Waals surface area contributed by atoms with Gasteiger partial charge < -0.3 is 14.7 Å². The number of fused-ring (bicyclic) bond motifs is 1. The highest BCUT2D eigenvalue weighted by atomic mass is 35.5. The van der Waals surface area contributed by atoms with Gasteiger partial charge in [-0.15, -0.1) is 0 Å². The van der Waals surface area contributed by atoms with E-state index in [0.29, 0.717) is 16.5 Å². The van der Waals surface area contributed by atoms with Crippen molar-refractivity contribution in [2.45, 2.75) is 33.4 Å². The minimum Gasteiger partial charge on any atom is -0.489 e. The maximum Gasteiger partial charge on any atom is 0.308 e. The van der Waals surface area contributed by atoms with Gasteiger partial charge in [-0.2, -0.15) is 5.10 Å².